The fourth-order valence-electron chi connectivity index (χ4n) is 1.24. The Bertz CT molecular complexity index is 182. The van der Waals surface area contributed by atoms with Crippen molar-refractivity contribution in [3.05, 3.63) is 0 Å². The molecule has 1 rings (SSSR count). The number of ether oxygens (including phenoxy) is 1. The zero-order valence-electron chi connectivity index (χ0n) is 7.39. The fraction of sp³-hybridized carbons (Fsp3) is 0.875. The van der Waals surface area contributed by atoms with Crippen molar-refractivity contribution < 1.29 is 9.53 Å². The van der Waals surface area contributed by atoms with E-state index in [1.54, 1.807) is 0 Å². The van der Waals surface area contributed by atoms with Crippen LogP contribution in [0.1, 0.15) is 13.8 Å². The minimum atomic E-state index is 0.0265. The molecule has 1 atom stereocenters. The van der Waals surface area contributed by atoms with Gasteiger partial charge in [0.25, 0.3) is 0 Å². The van der Waals surface area contributed by atoms with Gasteiger partial charge >= 0.3 is 0 Å². The highest BCUT2D eigenvalue weighted by molar-refractivity contribution is 9.09. The second-order valence-corrected chi connectivity index (χ2v) is 4.32. The van der Waals surface area contributed by atoms with Crippen LogP contribution in [-0.2, 0) is 9.53 Å². The minimum Gasteiger partial charge on any atom is -0.379 e. The summed E-state index contributed by atoms with van der Waals surface area (Å²) in [7, 11) is 0. The summed E-state index contributed by atoms with van der Waals surface area (Å²) in [6, 6.07) is 0.155. The average molecular weight is 236 g/mol. The predicted octanol–water partition coefficient (Wildman–Crippen LogP) is 0.922. The Labute approximate surface area is 81.0 Å². The first kappa shape index (κ1) is 9.99. The van der Waals surface area contributed by atoms with Crippen molar-refractivity contribution in [3.63, 3.8) is 0 Å². The SMILES string of the molecule is CC1(C)COCC1NC(=O)CBr. The van der Waals surface area contributed by atoms with E-state index in [9.17, 15) is 4.79 Å². The zero-order chi connectivity index (χ0) is 9.19. The summed E-state index contributed by atoms with van der Waals surface area (Å²) in [5.74, 6) is 0.0265. The molecule has 1 unspecified atom stereocenters. The number of amides is 1. The van der Waals surface area contributed by atoms with Crippen molar-refractivity contribution in [2.24, 2.45) is 5.41 Å². The molecule has 3 nitrogen and oxygen atoms in total. The Kier molecular flexibility index (Phi) is 3.12. The molecule has 0 aromatic carbocycles. The molecule has 1 heterocycles. The summed E-state index contributed by atoms with van der Waals surface area (Å²) in [4.78, 5) is 11.0. The molecule has 1 aliphatic heterocycles. The first-order chi connectivity index (χ1) is 5.56. The van der Waals surface area contributed by atoms with Gasteiger partial charge in [-0.05, 0) is 0 Å². The monoisotopic (exact) mass is 235 g/mol. The number of carbonyl (C=O) groups excluding carboxylic acids is 1. The number of nitrogens with one attached hydrogen (secondary N) is 1. The highest BCUT2D eigenvalue weighted by atomic mass is 79.9. The molecule has 0 bridgehead atoms. The van der Waals surface area contributed by atoms with Gasteiger partial charge in [-0.1, -0.05) is 29.8 Å². The molecule has 70 valence electrons. The fourth-order valence-corrected chi connectivity index (χ4v) is 1.40. The smallest absolute Gasteiger partial charge is 0.230 e. The lowest BCUT2D eigenvalue weighted by Gasteiger charge is -2.24. The van der Waals surface area contributed by atoms with Crippen molar-refractivity contribution in [1.82, 2.24) is 5.32 Å². The van der Waals surface area contributed by atoms with Crippen LogP contribution in [-0.4, -0.2) is 30.5 Å². The lowest BCUT2D eigenvalue weighted by Crippen LogP contribution is -2.44. The van der Waals surface area contributed by atoms with Gasteiger partial charge in [0.1, 0.15) is 0 Å². The number of alkyl halides is 1. The van der Waals surface area contributed by atoms with Crippen LogP contribution in [0.15, 0.2) is 0 Å². The first-order valence-corrected chi connectivity index (χ1v) is 5.11. The number of hydrogen-bond donors (Lipinski definition) is 1. The summed E-state index contributed by atoms with van der Waals surface area (Å²) in [6.07, 6.45) is 0. The van der Waals surface area contributed by atoms with Crippen LogP contribution in [0.2, 0.25) is 0 Å². The van der Waals surface area contributed by atoms with Gasteiger partial charge in [-0.15, -0.1) is 0 Å². The standard InChI is InChI=1S/C8H14BrNO2/c1-8(2)5-12-4-6(8)10-7(11)3-9/h6H,3-5H2,1-2H3,(H,10,11). The second kappa shape index (κ2) is 3.75. The van der Waals surface area contributed by atoms with Crippen molar-refractivity contribution >= 4 is 21.8 Å². The van der Waals surface area contributed by atoms with Crippen molar-refractivity contribution in [2.75, 3.05) is 18.5 Å². The van der Waals surface area contributed by atoms with Gasteiger partial charge in [-0.2, -0.15) is 0 Å². The maximum Gasteiger partial charge on any atom is 0.230 e. The number of halogens is 1. The van der Waals surface area contributed by atoms with Gasteiger partial charge in [0.2, 0.25) is 5.91 Å². The van der Waals surface area contributed by atoms with Gasteiger partial charge in [0, 0.05) is 5.41 Å². The topological polar surface area (TPSA) is 38.3 Å². The third-order valence-electron chi connectivity index (χ3n) is 2.16. The molecule has 0 spiro atoms. The van der Waals surface area contributed by atoms with E-state index in [1.807, 2.05) is 0 Å². The van der Waals surface area contributed by atoms with Crippen molar-refractivity contribution in [2.45, 2.75) is 19.9 Å². The molecule has 4 heteroatoms. The lowest BCUT2D eigenvalue weighted by molar-refractivity contribution is -0.119. The zero-order valence-corrected chi connectivity index (χ0v) is 8.98. The molecule has 1 fully saturated rings. The summed E-state index contributed by atoms with van der Waals surface area (Å²) < 4.78 is 5.29. The average Bonchev–Trinajstić information content (AvgIpc) is 2.31. The van der Waals surface area contributed by atoms with Crippen molar-refractivity contribution in [1.29, 1.82) is 0 Å². The first-order valence-electron chi connectivity index (χ1n) is 3.99. The third-order valence-corrected chi connectivity index (χ3v) is 2.67. The third kappa shape index (κ3) is 2.20. The molecule has 0 aliphatic carbocycles. The quantitative estimate of drug-likeness (QED) is 0.724. The largest absolute Gasteiger partial charge is 0.379 e. The van der Waals surface area contributed by atoms with Gasteiger partial charge in [-0.3, -0.25) is 4.79 Å². The van der Waals surface area contributed by atoms with Gasteiger partial charge in [0.15, 0.2) is 0 Å². The molecule has 12 heavy (non-hydrogen) atoms. The predicted molar refractivity (Wildman–Crippen MR) is 50.3 cm³/mol. The second-order valence-electron chi connectivity index (χ2n) is 3.76. The van der Waals surface area contributed by atoms with Crippen molar-refractivity contribution in [3.8, 4) is 0 Å². The highest BCUT2D eigenvalue weighted by Crippen LogP contribution is 2.27. The van der Waals surface area contributed by atoms with Crippen LogP contribution in [0.4, 0.5) is 0 Å². The van der Waals surface area contributed by atoms with Gasteiger partial charge in [0.05, 0.1) is 24.6 Å². The Morgan fingerprint density at radius 1 is 1.75 bits per heavy atom. The van der Waals surface area contributed by atoms with Crippen LogP contribution < -0.4 is 5.32 Å². The number of hydrogen-bond acceptors (Lipinski definition) is 2. The Hall–Kier alpha value is -0.0900. The van der Waals surface area contributed by atoms with E-state index in [4.69, 9.17) is 4.74 Å². The molecular formula is C8H14BrNO2. The van der Waals surface area contributed by atoms with Gasteiger partial charge < -0.3 is 10.1 Å². The summed E-state index contributed by atoms with van der Waals surface area (Å²) >= 11 is 3.11. The Morgan fingerprint density at radius 2 is 2.42 bits per heavy atom. The lowest BCUT2D eigenvalue weighted by atomic mass is 9.88. The summed E-state index contributed by atoms with van der Waals surface area (Å²) in [6.45, 7) is 5.55. The molecule has 1 aliphatic rings. The molecule has 0 radical (unpaired) electrons. The van der Waals surface area contributed by atoms with Crippen LogP contribution in [0, 0.1) is 5.41 Å². The summed E-state index contributed by atoms with van der Waals surface area (Å²) in [5.41, 5.74) is 0.0673. The van der Waals surface area contributed by atoms with E-state index in [0.717, 1.165) is 6.61 Å². The van der Waals surface area contributed by atoms with Crippen LogP contribution >= 0.6 is 15.9 Å². The minimum absolute atomic E-state index is 0.0265. The molecule has 1 saturated heterocycles. The maximum atomic E-state index is 11.0. The normalized spacial score (nSPS) is 27.1. The van der Waals surface area contributed by atoms with Crippen LogP contribution in [0.25, 0.3) is 0 Å². The van der Waals surface area contributed by atoms with Crippen LogP contribution in [0.3, 0.4) is 0 Å². The van der Waals surface area contributed by atoms with Crippen LogP contribution in [0.5, 0.6) is 0 Å². The van der Waals surface area contributed by atoms with Gasteiger partial charge in [-0.25, -0.2) is 0 Å². The molecule has 0 aromatic rings. The summed E-state index contributed by atoms with van der Waals surface area (Å²) in [5, 5.41) is 3.27. The van der Waals surface area contributed by atoms with E-state index in [0.29, 0.717) is 11.9 Å². The van der Waals surface area contributed by atoms with E-state index < -0.39 is 0 Å². The number of carbonyl (C=O) groups is 1. The van der Waals surface area contributed by atoms with E-state index in [-0.39, 0.29) is 17.4 Å². The Balaban J connectivity index is 2.47. The molecule has 1 N–H and O–H groups in total. The molecule has 0 saturated carbocycles. The molecule has 1 amide bonds. The number of rotatable bonds is 2. The molecular weight excluding hydrogens is 222 g/mol. The van der Waals surface area contributed by atoms with E-state index in [2.05, 4.69) is 35.1 Å². The van der Waals surface area contributed by atoms with E-state index >= 15 is 0 Å². The van der Waals surface area contributed by atoms with E-state index in [1.165, 1.54) is 0 Å². The molecule has 0 aromatic heterocycles. The highest BCUT2D eigenvalue weighted by Gasteiger charge is 2.36. The maximum absolute atomic E-state index is 11.0. The Morgan fingerprint density at radius 3 is 2.83 bits per heavy atom.